The van der Waals surface area contributed by atoms with Gasteiger partial charge in [0.05, 0.1) is 24.6 Å². The highest BCUT2D eigenvalue weighted by Gasteiger charge is 2.22. The first-order chi connectivity index (χ1) is 14.4. The fraction of sp³-hybridized carbons (Fsp3) is 0.227. The molecule has 6 nitrogen and oxygen atoms in total. The predicted molar refractivity (Wildman–Crippen MR) is 111 cm³/mol. The molecule has 2 unspecified atom stereocenters. The Morgan fingerprint density at radius 2 is 2.20 bits per heavy atom. The third kappa shape index (κ3) is 4.84. The van der Waals surface area contributed by atoms with Gasteiger partial charge >= 0.3 is 0 Å². The van der Waals surface area contributed by atoms with Crippen LogP contribution >= 0.6 is 0 Å². The standard InChI is InChI=1S/C22H23F2N3O3/c1-29-21-16(22(28)27-12-15-3-2-10-30-15)7-9-19(26)20(21)18(25)8-5-13-4-6-14(23)11-17(13)24/h2,4-11,15,22,25,27-28H,3,12,26H2,1H3/b8-5+,25-18?. The minimum absolute atomic E-state index is 0.0505. The maximum Gasteiger partial charge on any atom is 0.137 e. The number of rotatable bonds is 8. The van der Waals surface area contributed by atoms with E-state index >= 15 is 0 Å². The average molecular weight is 415 g/mol. The number of halogens is 2. The number of aliphatic hydroxyl groups is 1. The van der Waals surface area contributed by atoms with Gasteiger partial charge in [-0.25, -0.2) is 8.78 Å². The molecule has 30 heavy (non-hydrogen) atoms. The molecule has 2 aromatic carbocycles. The summed E-state index contributed by atoms with van der Waals surface area (Å²) in [7, 11) is 1.41. The summed E-state index contributed by atoms with van der Waals surface area (Å²) >= 11 is 0. The Balaban J connectivity index is 1.83. The Labute approximate surface area is 173 Å². The Morgan fingerprint density at radius 3 is 2.87 bits per heavy atom. The van der Waals surface area contributed by atoms with Crippen LogP contribution in [-0.4, -0.2) is 30.6 Å². The lowest BCUT2D eigenvalue weighted by Crippen LogP contribution is -2.30. The Kier molecular flexibility index (Phi) is 6.81. The fourth-order valence-corrected chi connectivity index (χ4v) is 3.13. The van der Waals surface area contributed by atoms with Crippen molar-refractivity contribution in [2.24, 2.45) is 0 Å². The van der Waals surface area contributed by atoms with Crippen molar-refractivity contribution >= 4 is 17.5 Å². The van der Waals surface area contributed by atoms with Crippen molar-refractivity contribution in [3.63, 3.8) is 0 Å². The number of nitrogens with two attached hydrogens (primary N) is 1. The Bertz CT molecular complexity index is 984. The fourth-order valence-electron chi connectivity index (χ4n) is 3.13. The molecule has 158 valence electrons. The second-order valence-corrected chi connectivity index (χ2v) is 6.74. The highest BCUT2D eigenvalue weighted by Crippen LogP contribution is 2.33. The number of anilines is 1. The normalized spacial score (nSPS) is 16.6. The largest absolute Gasteiger partial charge is 0.497 e. The minimum Gasteiger partial charge on any atom is -0.497 e. The zero-order valence-electron chi connectivity index (χ0n) is 16.4. The molecule has 0 aliphatic carbocycles. The molecule has 0 amide bonds. The number of benzene rings is 2. The summed E-state index contributed by atoms with van der Waals surface area (Å²) in [6.45, 7) is 0.415. The number of hydrogen-bond acceptors (Lipinski definition) is 6. The molecule has 2 aromatic rings. The van der Waals surface area contributed by atoms with E-state index in [1.807, 2.05) is 6.08 Å². The lowest BCUT2D eigenvalue weighted by Gasteiger charge is -2.21. The lowest BCUT2D eigenvalue weighted by molar-refractivity contribution is 0.101. The van der Waals surface area contributed by atoms with E-state index in [9.17, 15) is 13.9 Å². The van der Waals surface area contributed by atoms with Gasteiger partial charge in [-0.3, -0.25) is 5.32 Å². The van der Waals surface area contributed by atoms with Crippen molar-refractivity contribution in [3.8, 4) is 5.75 Å². The minimum atomic E-state index is -1.07. The zero-order valence-corrected chi connectivity index (χ0v) is 16.4. The number of nitrogens with one attached hydrogen (secondary N) is 2. The predicted octanol–water partition coefficient (Wildman–Crippen LogP) is 3.52. The van der Waals surface area contributed by atoms with Crippen LogP contribution in [0.25, 0.3) is 6.08 Å². The van der Waals surface area contributed by atoms with Gasteiger partial charge in [-0.2, -0.15) is 0 Å². The maximum absolute atomic E-state index is 13.8. The van der Waals surface area contributed by atoms with E-state index in [0.29, 0.717) is 12.1 Å². The van der Waals surface area contributed by atoms with Crippen LogP contribution in [0, 0.1) is 17.0 Å². The highest BCUT2D eigenvalue weighted by atomic mass is 19.1. The van der Waals surface area contributed by atoms with Gasteiger partial charge in [-0.1, -0.05) is 0 Å². The number of nitrogen functional groups attached to an aromatic ring is 1. The molecular formula is C22H23F2N3O3. The molecule has 1 heterocycles. The van der Waals surface area contributed by atoms with Crippen molar-refractivity contribution in [1.29, 1.82) is 5.41 Å². The van der Waals surface area contributed by atoms with Crippen LogP contribution in [-0.2, 0) is 4.74 Å². The first kappa shape index (κ1) is 21.5. The van der Waals surface area contributed by atoms with Crippen LogP contribution in [0.4, 0.5) is 14.5 Å². The molecular weight excluding hydrogens is 392 g/mol. The molecule has 2 atom stereocenters. The van der Waals surface area contributed by atoms with E-state index in [2.05, 4.69) is 5.32 Å². The van der Waals surface area contributed by atoms with Gasteiger partial charge in [0, 0.05) is 35.8 Å². The van der Waals surface area contributed by atoms with Crippen molar-refractivity contribution in [2.75, 3.05) is 19.4 Å². The number of methoxy groups -OCH3 is 1. The second-order valence-electron chi connectivity index (χ2n) is 6.74. The van der Waals surface area contributed by atoms with Crippen LogP contribution in [0.1, 0.15) is 29.3 Å². The molecule has 1 aliphatic rings. The van der Waals surface area contributed by atoms with E-state index in [-0.39, 0.29) is 34.4 Å². The van der Waals surface area contributed by atoms with Crippen molar-refractivity contribution in [3.05, 3.63) is 77.1 Å². The maximum atomic E-state index is 13.8. The number of hydrogen-bond donors (Lipinski definition) is 4. The summed E-state index contributed by atoms with van der Waals surface area (Å²) in [6.07, 6.45) is 5.82. The average Bonchev–Trinajstić information content (AvgIpc) is 3.24. The van der Waals surface area contributed by atoms with Crippen molar-refractivity contribution in [1.82, 2.24) is 5.32 Å². The first-order valence-electron chi connectivity index (χ1n) is 9.31. The van der Waals surface area contributed by atoms with Crippen LogP contribution < -0.4 is 15.8 Å². The van der Waals surface area contributed by atoms with Gasteiger partial charge in [0.1, 0.15) is 29.7 Å². The van der Waals surface area contributed by atoms with Crippen molar-refractivity contribution in [2.45, 2.75) is 18.8 Å². The Morgan fingerprint density at radius 1 is 1.40 bits per heavy atom. The topological polar surface area (TPSA) is 101 Å². The van der Waals surface area contributed by atoms with Gasteiger partial charge < -0.3 is 25.7 Å². The molecule has 8 heteroatoms. The van der Waals surface area contributed by atoms with E-state index in [4.69, 9.17) is 20.6 Å². The molecule has 0 spiro atoms. The number of ether oxygens (including phenoxy) is 2. The van der Waals surface area contributed by atoms with Gasteiger partial charge in [0.2, 0.25) is 0 Å². The summed E-state index contributed by atoms with van der Waals surface area (Å²) in [5.74, 6) is -1.19. The molecule has 0 fully saturated rings. The third-order valence-corrected chi connectivity index (χ3v) is 4.69. The van der Waals surface area contributed by atoms with E-state index in [1.54, 1.807) is 18.4 Å². The number of allylic oxidation sites excluding steroid dienone is 1. The molecule has 3 rings (SSSR count). The third-order valence-electron chi connectivity index (χ3n) is 4.69. The molecule has 0 bridgehead atoms. The Hall–Kier alpha value is -3.23. The van der Waals surface area contributed by atoms with Crippen molar-refractivity contribution < 1.29 is 23.4 Å². The quantitative estimate of drug-likeness (QED) is 0.300. The van der Waals surface area contributed by atoms with Crippen LogP contribution in [0.15, 0.2) is 48.7 Å². The molecule has 0 saturated heterocycles. The van der Waals surface area contributed by atoms with Gasteiger partial charge in [0.25, 0.3) is 0 Å². The first-order valence-corrected chi connectivity index (χ1v) is 9.31. The molecule has 0 aromatic heterocycles. The molecule has 1 aliphatic heterocycles. The molecule has 0 radical (unpaired) electrons. The van der Waals surface area contributed by atoms with E-state index in [0.717, 1.165) is 18.6 Å². The van der Waals surface area contributed by atoms with Crippen LogP contribution in [0.2, 0.25) is 0 Å². The van der Waals surface area contributed by atoms with Gasteiger partial charge in [-0.05, 0) is 42.5 Å². The van der Waals surface area contributed by atoms with E-state index in [1.165, 1.54) is 25.3 Å². The molecule has 5 N–H and O–H groups in total. The smallest absolute Gasteiger partial charge is 0.137 e. The van der Waals surface area contributed by atoms with Crippen LogP contribution in [0.5, 0.6) is 5.75 Å². The zero-order chi connectivity index (χ0) is 21.7. The van der Waals surface area contributed by atoms with Gasteiger partial charge in [0.15, 0.2) is 0 Å². The van der Waals surface area contributed by atoms with E-state index < -0.39 is 17.9 Å². The summed E-state index contributed by atoms with van der Waals surface area (Å²) < 4.78 is 37.7. The summed E-state index contributed by atoms with van der Waals surface area (Å²) in [4.78, 5) is 0. The summed E-state index contributed by atoms with van der Waals surface area (Å²) in [6, 6.07) is 6.35. The SMILES string of the molecule is COc1c(C(O)NCC2CC=CO2)ccc(N)c1C(=N)/C=C/c1ccc(F)cc1F. The van der Waals surface area contributed by atoms with Crippen LogP contribution in [0.3, 0.4) is 0 Å². The van der Waals surface area contributed by atoms with Gasteiger partial charge in [-0.15, -0.1) is 0 Å². The summed E-state index contributed by atoms with van der Waals surface area (Å²) in [5.41, 5.74) is 7.05. The number of aliphatic hydroxyl groups excluding tert-OH is 1. The second kappa shape index (κ2) is 9.51. The molecule has 0 saturated carbocycles. The summed E-state index contributed by atoms with van der Waals surface area (Å²) in [5, 5.41) is 21.9. The lowest BCUT2D eigenvalue weighted by atomic mass is 10.00. The highest BCUT2D eigenvalue weighted by molar-refractivity contribution is 6.14. The monoisotopic (exact) mass is 415 g/mol.